The predicted octanol–water partition coefficient (Wildman–Crippen LogP) is 2.35. The zero-order valence-electron chi connectivity index (χ0n) is 18.0. The van der Waals surface area contributed by atoms with Crippen molar-refractivity contribution < 1.29 is 14.7 Å². The van der Waals surface area contributed by atoms with Gasteiger partial charge in [-0.2, -0.15) is 5.10 Å². The van der Waals surface area contributed by atoms with Crippen molar-refractivity contribution in [1.29, 1.82) is 0 Å². The van der Waals surface area contributed by atoms with E-state index in [0.29, 0.717) is 28.5 Å². The SMILES string of the molecule is O=C(Cc1ccccn1)Nc1ccc(CC2CCC(c3nnc(NC(=O)CCO)s3)C2)nn1. The van der Waals surface area contributed by atoms with Gasteiger partial charge in [0.15, 0.2) is 5.82 Å². The van der Waals surface area contributed by atoms with E-state index in [-0.39, 0.29) is 31.3 Å². The van der Waals surface area contributed by atoms with Gasteiger partial charge in [-0.15, -0.1) is 15.3 Å². The lowest BCUT2D eigenvalue weighted by Crippen LogP contribution is -2.16. The van der Waals surface area contributed by atoms with Gasteiger partial charge in [-0.3, -0.25) is 14.6 Å². The van der Waals surface area contributed by atoms with E-state index in [4.69, 9.17) is 5.11 Å². The maximum atomic E-state index is 12.1. The molecule has 3 aromatic rings. The molecule has 0 aliphatic heterocycles. The molecule has 10 nitrogen and oxygen atoms in total. The van der Waals surface area contributed by atoms with E-state index in [1.165, 1.54) is 11.3 Å². The second-order valence-electron chi connectivity index (χ2n) is 8.00. The molecule has 1 aliphatic carbocycles. The Morgan fingerprint density at radius 1 is 1.00 bits per heavy atom. The lowest BCUT2D eigenvalue weighted by molar-refractivity contribution is -0.117. The molecule has 1 saturated carbocycles. The van der Waals surface area contributed by atoms with E-state index in [9.17, 15) is 9.59 Å². The second-order valence-corrected chi connectivity index (χ2v) is 9.01. The molecule has 0 aromatic carbocycles. The van der Waals surface area contributed by atoms with Gasteiger partial charge in [0.05, 0.1) is 25.1 Å². The topological polar surface area (TPSA) is 143 Å². The summed E-state index contributed by atoms with van der Waals surface area (Å²) in [6.45, 7) is -0.191. The molecule has 2 amide bonds. The van der Waals surface area contributed by atoms with Gasteiger partial charge in [-0.1, -0.05) is 17.4 Å². The Hall–Kier alpha value is -3.31. The monoisotopic (exact) mass is 467 g/mol. The smallest absolute Gasteiger partial charge is 0.231 e. The van der Waals surface area contributed by atoms with Crippen molar-refractivity contribution in [1.82, 2.24) is 25.4 Å². The minimum atomic E-state index is -0.264. The first-order chi connectivity index (χ1) is 16.1. The zero-order valence-corrected chi connectivity index (χ0v) is 18.8. The first-order valence-electron chi connectivity index (χ1n) is 10.9. The Morgan fingerprint density at radius 2 is 1.91 bits per heavy atom. The summed E-state index contributed by atoms with van der Waals surface area (Å²) in [6.07, 6.45) is 5.75. The molecule has 2 atom stereocenters. The van der Waals surface area contributed by atoms with Gasteiger partial charge < -0.3 is 15.7 Å². The maximum absolute atomic E-state index is 12.1. The Morgan fingerprint density at radius 3 is 2.67 bits per heavy atom. The lowest BCUT2D eigenvalue weighted by Gasteiger charge is -2.09. The molecule has 0 saturated heterocycles. The number of pyridine rings is 1. The Balaban J connectivity index is 1.25. The van der Waals surface area contributed by atoms with E-state index in [1.54, 1.807) is 18.3 Å². The largest absolute Gasteiger partial charge is 0.396 e. The summed E-state index contributed by atoms with van der Waals surface area (Å²) < 4.78 is 0. The Kier molecular flexibility index (Phi) is 7.63. The minimum absolute atomic E-state index is 0.0498. The van der Waals surface area contributed by atoms with Gasteiger partial charge in [-0.25, -0.2) is 0 Å². The van der Waals surface area contributed by atoms with Gasteiger partial charge in [0, 0.05) is 17.8 Å². The van der Waals surface area contributed by atoms with Crippen LogP contribution in [-0.4, -0.2) is 48.9 Å². The molecule has 3 aromatic heterocycles. The van der Waals surface area contributed by atoms with Gasteiger partial charge >= 0.3 is 0 Å². The zero-order chi connectivity index (χ0) is 23.0. The Labute approximate surface area is 194 Å². The van der Waals surface area contributed by atoms with E-state index in [0.717, 1.165) is 36.4 Å². The van der Waals surface area contributed by atoms with Crippen molar-refractivity contribution in [2.24, 2.45) is 5.92 Å². The van der Waals surface area contributed by atoms with Crippen LogP contribution in [0.5, 0.6) is 0 Å². The van der Waals surface area contributed by atoms with E-state index < -0.39 is 0 Å². The van der Waals surface area contributed by atoms with Gasteiger partial charge in [-0.05, 0) is 55.9 Å². The number of aliphatic hydroxyl groups excluding tert-OH is 1. The summed E-state index contributed by atoms with van der Waals surface area (Å²) in [6, 6.07) is 9.13. The van der Waals surface area contributed by atoms with Crippen LogP contribution in [0.4, 0.5) is 10.9 Å². The number of amides is 2. The number of nitrogens with zero attached hydrogens (tertiary/aromatic N) is 5. The standard InChI is InChI=1S/C22H25N7O3S/c30-10-8-19(31)25-22-29-28-21(33-22)15-5-4-14(11-15)12-17-6-7-18(27-26-17)24-20(32)13-16-3-1-2-9-23-16/h1-3,6-7,9,14-15,30H,4-5,8,10-13H2,(H,24,27,32)(H,25,29,31). The fraction of sp³-hybridized carbons (Fsp3) is 0.409. The van der Waals surface area contributed by atoms with Crippen LogP contribution >= 0.6 is 11.3 Å². The number of aliphatic hydroxyl groups is 1. The van der Waals surface area contributed by atoms with Gasteiger partial charge in [0.1, 0.15) is 5.01 Å². The molecule has 4 rings (SSSR count). The average Bonchev–Trinajstić information content (AvgIpc) is 3.45. The molecule has 1 aliphatic rings. The van der Waals surface area contributed by atoms with E-state index >= 15 is 0 Å². The number of carbonyl (C=O) groups excluding carboxylic acids is 2. The fourth-order valence-corrected chi connectivity index (χ4v) is 4.81. The quantitative estimate of drug-likeness (QED) is 0.435. The number of carbonyl (C=O) groups is 2. The van der Waals surface area contributed by atoms with Crippen LogP contribution in [0.25, 0.3) is 0 Å². The van der Waals surface area contributed by atoms with Crippen LogP contribution in [-0.2, 0) is 22.4 Å². The Bertz CT molecular complexity index is 1080. The van der Waals surface area contributed by atoms with Crippen LogP contribution in [0.2, 0.25) is 0 Å². The highest BCUT2D eigenvalue weighted by atomic mass is 32.1. The number of rotatable bonds is 9. The molecule has 1 fully saturated rings. The summed E-state index contributed by atoms with van der Waals surface area (Å²) >= 11 is 1.39. The summed E-state index contributed by atoms with van der Waals surface area (Å²) in [5.41, 5.74) is 1.59. The first-order valence-corrected chi connectivity index (χ1v) is 11.7. The third-order valence-electron chi connectivity index (χ3n) is 5.47. The van der Waals surface area contributed by atoms with Crippen molar-refractivity contribution in [3.8, 4) is 0 Å². The van der Waals surface area contributed by atoms with Crippen molar-refractivity contribution in [2.45, 2.75) is 44.4 Å². The number of nitrogens with one attached hydrogen (secondary N) is 2. The summed E-state index contributed by atoms with van der Waals surface area (Å²) in [4.78, 5) is 27.9. The van der Waals surface area contributed by atoms with Crippen molar-refractivity contribution >= 4 is 34.1 Å². The van der Waals surface area contributed by atoms with Crippen molar-refractivity contribution in [2.75, 3.05) is 17.2 Å². The molecule has 2 unspecified atom stereocenters. The number of hydrogen-bond donors (Lipinski definition) is 3. The van der Waals surface area contributed by atoms with Gasteiger partial charge in [0.25, 0.3) is 0 Å². The highest BCUT2D eigenvalue weighted by Gasteiger charge is 2.29. The van der Waals surface area contributed by atoms with Crippen LogP contribution in [0, 0.1) is 5.92 Å². The summed E-state index contributed by atoms with van der Waals surface area (Å²) in [5, 5.41) is 32.4. The molecule has 3 N–H and O–H groups in total. The second kappa shape index (κ2) is 11.0. The molecule has 11 heteroatoms. The third-order valence-corrected chi connectivity index (χ3v) is 6.47. The van der Waals surface area contributed by atoms with Crippen LogP contribution in [0.15, 0.2) is 36.5 Å². The summed E-state index contributed by atoms with van der Waals surface area (Å²) in [7, 11) is 0. The first kappa shape index (κ1) is 22.9. The molecule has 3 heterocycles. The molecular formula is C22H25N7O3S. The highest BCUT2D eigenvalue weighted by Crippen LogP contribution is 2.41. The van der Waals surface area contributed by atoms with Crippen LogP contribution in [0.1, 0.15) is 48.0 Å². The minimum Gasteiger partial charge on any atom is -0.396 e. The predicted molar refractivity (Wildman–Crippen MR) is 123 cm³/mol. The molecular weight excluding hydrogens is 442 g/mol. The molecule has 172 valence electrons. The average molecular weight is 468 g/mol. The van der Waals surface area contributed by atoms with Crippen molar-refractivity contribution in [3.05, 3.63) is 52.9 Å². The van der Waals surface area contributed by atoms with Crippen LogP contribution < -0.4 is 10.6 Å². The lowest BCUT2D eigenvalue weighted by atomic mass is 10.00. The van der Waals surface area contributed by atoms with Gasteiger partial charge in [0.2, 0.25) is 16.9 Å². The number of anilines is 2. The number of hydrogen-bond acceptors (Lipinski definition) is 9. The highest BCUT2D eigenvalue weighted by molar-refractivity contribution is 7.15. The van der Waals surface area contributed by atoms with E-state index in [1.807, 2.05) is 18.2 Å². The van der Waals surface area contributed by atoms with E-state index in [2.05, 4.69) is 36.0 Å². The van der Waals surface area contributed by atoms with Crippen LogP contribution in [0.3, 0.4) is 0 Å². The summed E-state index contributed by atoms with van der Waals surface area (Å²) in [5.74, 6) is 0.755. The molecule has 33 heavy (non-hydrogen) atoms. The molecule has 0 spiro atoms. The fourth-order valence-electron chi connectivity index (χ4n) is 3.90. The number of aromatic nitrogens is 5. The molecule has 0 radical (unpaired) electrons. The normalized spacial score (nSPS) is 17.6. The third kappa shape index (κ3) is 6.59. The maximum Gasteiger partial charge on any atom is 0.231 e. The van der Waals surface area contributed by atoms with Crippen molar-refractivity contribution in [3.63, 3.8) is 0 Å². The molecule has 0 bridgehead atoms.